The van der Waals surface area contributed by atoms with E-state index in [4.69, 9.17) is 0 Å². The molecule has 82 valence electrons. The Morgan fingerprint density at radius 3 is 3.00 bits per heavy atom. The van der Waals surface area contributed by atoms with E-state index in [0.29, 0.717) is 6.04 Å². The summed E-state index contributed by atoms with van der Waals surface area (Å²) in [6.07, 6.45) is 4.00. The fourth-order valence-electron chi connectivity index (χ4n) is 1.41. The Bertz CT molecular complexity index is 309. The summed E-state index contributed by atoms with van der Waals surface area (Å²) in [5, 5.41) is 3.35. The number of halogens is 1. The molecule has 0 radical (unpaired) electrons. The zero-order chi connectivity index (χ0) is 11.1. The molecule has 1 aromatic rings. The van der Waals surface area contributed by atoms with Gasteiger partial charge in [-0.15, -0.1) is 6.58 Å². The topological polar surface area (TPSA) is 12.0 Å². The monoisotopic (exact) mass is 207 g/mol. The number of allylic oxidation sites excluding steroid dienone is 1. The van der Waals surface area contributed by atoms with Crippen LogP contribution in [0.15, 0.2) is 36.9 Å². The van der Waals surface area contributed by atoms with Crippen LogP contribution in [0, 0.1) is 5.82 Å². The first-order valence-corrected chi connectivity index (χ1v) is 5.31. The van der Waals surface area contributed by atoms with Crippen molar-refractivity contribution < 1.29 is 4.39 Å². The zero-order valence-corrected chi connectivity index (χ0v) is 9.17. The van der Waals surface area contributed by atoms with Crippen LogP contribution in [0.1, 0.15) is 25.3 Å². The van der Waals surface area contributed by atoms with Crippen molar-refractivity contribution in [3.05, 3.63) is 48.3 Å². The zero-order valence-electron chi connectivity index (χ0n) is 9.17. The largest absolute Gasteiger partial charge is 0.310 e. The first-order valence-electron chi connectivity index (χ1n) is 5.31. The third-order valence-corrected chi connectivity index (χ3v) is 2.35. The van der Waals surface area contributed by atoms with Crippen molar-refractivity contribution in [3.8, 4) is 0 Å². The average molecular weight is 207 g/mol. The fourth-order valence-corrected chi connectivity index (χ4v) is 1.41. The van der Waals surface area contributed by atoms with E-state index in [-0.39, 0.29) is 5.82 Å². The first-order chi connectivity index (χ1) is 7.22. The van der Waals surface area contributed by atoms with Crippen LogP contribution in [0.2, 0.25) is 0 Å². The highest BCUT2D eigenvalue weighted by Crippen LogP contribution is 2.04. The van der Waals surface area contributed by atoms with Gasteiger partial charge in [-0.3, -0.25) is 0 Å². The molecule has 0 unspecified atom stereocenters. The number of hydrogen-bond acceptors (Lipinski definition) is 1. The summed E-state index contributed by atoms with van der Waals surface area (Å²) in [6.45, 7) is 6.53. The van der Waals surface area contributed by atoms with E-state index in [1.54, 1.807) is 12.1 Å². The fraction of sp³-hybridized carbons (Fsp3) is 0.385. The molecule has 0 heterocycles. The Morgan fingerprint density at radius 2 is 2.33 bits per heavy atom. The number of rotatable bonds is 6. The van der Waals surface area contributed by atoms with Crippen molar-refractivity contribution in [2.24, 2.45) is 0 Å². The van der Waals surface area contributed by atoms with Gasteiger partial charge in [-0.1, -0.05) is 18.2 Å². The van der Waals surface area contributed by atoms with Gasteiger partial charge in [0, 0.05) is 12.6 Å². The minimum Gasteiger partial charge on any atom is -0.310 e. The summed E-state index contributed by atoms with van der Waals surface area (Å²) in [5.41, 5.74) is 0.987. The molecule has 1 nitrogen and oxygen atoms in total. The smallest absolute Gasteiger partial charge is 0.123 e. The molecule has 0 spiro atoms. The van der Waals surface area contributed by atoms with E-state index in [1.165, 1.54) is 6.07 Å². The molecule has 1 atom stereocenters. The van der Waals surface area contributed by atoms with Crippen molar-refractivity contribution in [1.82, 2.24) is 5.32 Å². The second-order valence-corrected chi connectivity index (χ2v) is 3.78. The van der Waals surface area contributed by atoms with Crippen LogP contribution in [0.3, 0.4) is 0 Å². The summed E-state index contributed by atoms with van der Waals surface area (Å²) in [7, 11) is 0. The quantitative estimate of drug-likeness (QED) is 0.706. The van der Waals surface area contributed by atoms with Gasteiger partial charge in [0.2, 0.25) is 0 Å². The highest BCUT2D eigenvalue weighted by atomic mass is 19.1. The molecule has 0 aromatic heterocycles. The predicted molar refractivity (Wildman–Crippen MR) is 62.1 cm³/mol. The van der Waals surface area contributed by atoms with Crippen molar-refractivity contribution in [2.75, 3.05) is 0 Å². The van der Waals surface area contributed by atoms with Crippen LogP contribution < -0.4 is 5.32 Å². The third-order valence-electron chi connectivity index (χ3n) is 2.35. The molecule has 1 N–H and O–H groups in total. The molecular formula is C13H18FN. The lowest BCUT2D eigenvalue weighted by Crippen LogP contribution is -2.25. The molecule has 0 fully saturated rings. The molecule has 0 bridgehead atoms. The minimum atomic E-state index is -0.173. The van der Waals surface area contributed by atoms with Crippen LogP contribution in [0.5, 0.6) is 0 Å². The Labute approximate surface area is 91.0 Å². The van der Waals surface area contributed by atoms with Gasteiger partial charge in [-0.05, 0) is 37.5 Å². The minimum absolute atomic E-state index is 0.173. The molecule has 0 amide bonds. The van der Waals surface area contributed by atoms with Gasteiger partial charge < -0.3 is 5.32 Å². The van der Waals surface area contributed by atoms with Crippen LogP contribution in [-0.2, 0) is 6.54 Å². The van der Waals surface area contributed by atoms with Crippen molar-refractivity contribution in [1.29, 1.82) is 0 Å². The van der Waals surface area contributed by atoms with Crippen LogP contribution in [0.4, 0.5) is 4.39 Å². The third kappa shape index (κ3) is 4.75. The van der Waals surface area contributed by atoms with Gasteiger partial charge in [-0.2, -0.15) is 0 Å². The van der Waals surface area contributed by atoms with Crippen LogP contribution in [-0.4, -0.2) is 6.04 Å². The van der Waals surface area contributed by atoms with Gasteiger partial charge in [0.15, 0.2) is 0 Å². The van der Waals surface area contributed by atoms with Gasteiger partial charge in [0.25, 0.3) is 0 Å². The molecule has 0 aliphatic rings. The van der Waals surface area contributed by atoms with Crippen molar-refractivity contribution in [2.45, 2.75) is 32.4 Å². The molecule has 0 saturated heterocycles. The van der Waals surface area contributed by atoms with E-state index < -0.39 is 0 Å². The summed E-state index contributed by atoms with van der Waals surface area (Å²) < 4.78 is 12.9. The van der Waals surface area contributed by atoms with E-state index >= 15 is 0 Å². The van der Waals surface area contributed by atoms with Crippen LogP contribution in [0.25, 0.3) is 0 Å². The van der Waals surface area contributed by atoms with Gasteiger partial charge in [0.05, 0.1) is 0 Å². The van der Waals surface area contributed by atoms with Crippen LogP contribution >= 0.6 is 0 Å². The molecule has 15 heavy (non-hydrogen) atoms. The van der Waals surface area contributed by atoms with E-state index in [0.717, 1.165) is 24.9 Å². The lowest BCUT2D eigenvalue weighted by atomic mass is 10.1. The van der Waals surface area contributed by atoms with Gasteiger partial charge in [0.1, 0.15) is 5.82 Å². The first kappa shape index (κ1) is 11.9. The molecule has 0 aliphatic carbocycles. The standard InChI is InChI=1S/C13H18FN/c1-3-4-6-11(2)15-10-12-7-5-8-13(14)9-12/h3,5,7-9,11,15H,1,4,6,10H2,2H3/t11-/m1/s1. The maximum Gasteiger partial charge on any atom is 0.123 e. The highest BCUT2D eigenvalue weighted by Gasteiger charge is 2.00. The van der Waals surface area contributed by atoms with Gasteiger partial charge in [-0.25, -0.2) is 4.39 Å². The molecule has 1 rings (SSSR count). The summed E-state index contributed by atoms with van der Waals surface area (Å²) in [6, 6.07) is 7.13. The normalized spacial score (nSPS) is 12.4. The van der Waals surface area contributed by atoms with E-state index in [2.05, 4.69) is 18.8 Å². The lowest BCUT2D eigenvalue weighted by Gasteiger charge is -2.12. The molecular weight excluding hydrogens is 189 g/mol. The van der Waals surface area contributed by atoms with Crippen molar-refractivity contribution in [3.63, 3.8) is 0 Å². The maximum absolute atomic E-state index is 12.9. The Balaban J connectivity index is 2.33. The van der Waals surface area contributed by atoms with Crippen molar-refractivity contribution >= 4 is 0 Å². The Kier molecular flexibility index (Phi) is 5.05. The maximum atomic E-state index is 12.9. The summed E-state index contributed by atoms with van der Waals surface area (Å²) >= 11 is 0. The summed E-state index contributed by atoms with van der Waals surface area (Å²) in [5.74, 6) is -0.173. The van der Waals surface area contributed by atoms with E-state index in [9.17, 15) is 4.39 Å². The summed E-state index contributed by atoms with van der Waals surface area (Å²) in [4.78, 5) is 0. The molecule has 1 aromatic carbocycles. The average Bonchev–Trinajstić information content (AvgIpc) is 2.23. The van der Waals surface area contributed by atoms with E-state index in [1.807, 2.05) is 12.1 Å². The SMILES string of the molecule is C=CCC[C@@H](C)NCc1cccc(F)c1. The Morgan fingerprint density at radius 1 is 1.53 bits per heavy atom. The van der Waals surface area contributed by atoms with Gasteiger partial charge >= 0.3 is 0 Å². The molecule has 2 heteroatoms. The highest BCUT2D eigenvalue weighted by molar-refractivity contribution is 5.15. The number of hydrogen-bond donors (Lipinski definition) is 1. The second-order valence-electron chi connectivity index (χ2n) is 3.78. The molecule has 0 saturated carbocycles. The second kappa shape index (κ2) is 6.36. The Hall–Kier alpha value is -1.15. The lowest BCUT2D eigenvalue weighted by molar-refractivity contribution is 0.516. The number of benzene rings is 1. The number of nitrogens with one attached hydrogen (secondary N) is 1. The molecule has 0 aliphatic heterocycles. The predicted octanol–water partition coefficient (Wildman–Crippen LogP) is 3.27.